The van der Waals surface area contributed by atoms with E-state index >= 15 is 0 Å². The highest BCUT2D eigenvalue weighted by Crippen LogP contribution is 2.20. The number of para-hydroxylation sites is 1. The largest absolute Gasteiger partial charge is 0.342 e. The van der Waals surface area contributed by atoms with Crippen molar-refractivity contribution in [2.75, 3.05) is 13.1 Å². The van der Waals surface area contributed by atoms with Crippen molar-refractivity contribution in [1.29, 1.82) is 0 Å². The van der Waals surface area contributed by atoms with Gasteiger partial charge in [0.15, 0.2) is 0 Å². The molecule has 2 aromatic rings. The van der Waals surface area contributed by atoms with Crippen LogP contribution >= 0.6 is 0 Å². The van der Waals surface area contributed by atoms with Crippen LogP contribution < -0.4 is 0 Å². The van der Waals surface area contributed by atoms with E-state index in [-0.39, 0.29) is 5.91 Å². The number of fused-ring (bicyclic) bond motifs is 1. The summed E-state index contributed by atoms with van der Waals surface area (Å²) in [6, 6.07) is 5.77. The molecule has 0 spiro atoms. The van der Waals surface area contributed by atoms with Crippen molar-refractivity contribution in [3.05, 3.63) is 29.6 Å². The summed E-state index contributed by atoms with van der Waals surface area (Å²) in [5, 5.41) is 0. The second-order valence-corrected chi connectivity index (χ2v) is 5.23. The molecule has 0 unspecified atom stereocenters. The molecular formula is C15H19N3O. The summed E-state index contributed by atoms with van der Waals surface area (Å²) in [6.07, 6.45) is 4.69. The van der Waals surface area contributed by atoms with Crippen LogP contribution in [0.25, 0.3) is 11.0 Å². The molecule has 3 rings (SSSR count). The van der Waals surface area contributed by atoms with Gasteiger partial charge >= 0.3 is 0 Å². The van der Waals surface area contributed by atoms with Crippen LogP contribution in [0, 0.1) is 6.92 Å². The average molecular weight is 257 g/mol. The highest BCUT2D eigenvalue weighted by molar-refractivity contribution is 6.04. The zero-order chi connectivity index (χ0) is 13.2. The summed E-state index contributed by atoms with van der Waals surface area (Å²) in [5.41, 5.74) is 2.47. The SMILES string of the molecule is Cc1nc2c(C(=O)N3CCCCCC3)cccc2[nH]1. The summed E-state index contributed by atoms with van der Waals surface area (Å²) in [7, 11) is 0. The zero-order valence-electron chi connectivity index (χ0n) is 11.3. The van der Waals surface area contributed by atoms with Crippen molar-refractivity contribution < 1.29 is 4.79 Å². The standard InChI is InChI=1S/C15H19N3O/c1-11-16-13-8-6-7-12(14(13)17-11)15(19)18-9-4-2-3-5-10-18/h6-8H,2-5,9-10H2,1H3,(H,16,17). The first-order valence-electron chi connectivity index (χ1n) is 7.00. The van der Waals surface area contributed by atoms with E-state index in [1.807, 2.05) is 30.0 Å². The lowest BCUT2D eigenvalue weighted by Gasteiger charge is -2.20. The third kappa shape index (κ3) is 2.35. The van der Waals surface area contributed by atoms with Crippen molar-refractivity contribution in [2.24, 2.45) is 0 Å². The molecule has 1 aromatic carbocycles. The molecule has 1 fully saturated rings. The smallest absolute Gasteiger partial charge is 0.256 e. The van der Waals surface area contributed by atoms with Crippen LogP contribution in [0.2, 0.25) is 0 Å². The second kappa shape index (κ2) is 5.03. The number of H-pyrrole nitrogens is 1. The molecule has 0 bridgehead atoms. The lowest BCUT2D eigenvalue weighted by Crippen LogP contribution is -2.31. The van der Waals surface area contributed by atoms with Gasteiger partial charge in [-0.1, -0.05) is 18.9 Å². The number of aromatic nitrogens is 2. The maximum absolute atomic E-state index is 12.6. The van der Waals surface area contributed by atoms with Crippen molar-refractivity contribution in [1.82, 2.24) is 14.9 Å². The zero-order valence-corrected chi connectivity index (χ0v) is 11.3. The quantitative estimate of drug-likeness (QED) is 0.854. The van der Waals surface area contributed by atoms with Crippen LogP contribution in [-0.4, -0.2) is 33.9 Å². The van der Waals surface area contributed by atoms with E-state index in [1.54, 1.807) is 0 Å². The molecule has 1 saturated heterocycles. The van der Waals surface area contributed by atoms with Crippen molar-refractivity contribution in [3.8, 4) is 0 Å². The number of carbonyl (C=O) groups excluding carboxylic acids is 1. The number of nitrogens with zero attached hydrogens (tertiary/aromatic N) is 2. The van der Waals surface area contributed by atoms with Crippen LogP contribution in [-0.2, 0) is 0 Å². The molecule has 0 saturated carbocycles. The van der Waals surface area contributed by atoms with Crippen LogP contribution in [0.3, 0.4) is 0 Å². The van der Waals surface area contributed by atoms with Crippen molar-refractivity contribution in [3.63, 3.8) is 0 Å². The molecule has 1 aliphatic heterocycles. The van der Waals surface area contributed by atoms with Crippen LogP contribution in [0.15, 0.2) is 18.2 Å². The van der Waals surface area contributed by atoms with Gasteiger partial charge in [-0.3, -0.25) is 4.79 Å². The molecule has 1 aliphatic rings. The number of amides is 1. The monoisotopic (exact) mass is 257 g/mol. The normalized spacial score (nSPS) is 16.6. The molecule has 0 atom stereocenters. The van der Waals surface area contributed by atoms with Gasteiger partial charge in [0.1, 0.15) is 11.3 Å². The Labute approximate surface area is 112 Å². The van der Waals surface area contributed by atoms with Gasteiger partial charge in [-0.25, -0.2) is 4.98 Å². The van der Waals surface area contributed by atoms with E-state index in [4.69, 9.17) is 0 Å². The Bertz CT molecular complexity index is 594. The Hall–Kier alpha value is -1.84. The molecule has 1 aromatic heterocycles. The Morgan fingerprint density at radius 2 is 1.95 bits per heavy atom. The molecule has 2 heterocycles. The molecule has 1 amide bonds. The van der Waals surface area contributed by atoms with Gasteiger partial charge in [0, 0.05) is 13.1 Å². The third-order valence-electron chi connectivity index (χ3n) is 3.75. The number of rotatable bonds is 1. The van der Waals surface area contributed by atoms with Crippen molar-refractivity contribution in [2.45, 2.75) is 32.6 Å². The van der Waals surface area contributed by atoms with E-state index in [2.05, 4.69) is 9.97 Å². The Morgan fingerprint density at radius 3 is 2.68 bits per heavy atom. The molecule has 1 N–H and O–H groups in total. The molecule has 4 heteroatoms. The minimum atomic E-state index is 0.124. The number of aromatic amines is 1. The van der Waals surface area contributed by atoms with Gasteiger partial charge in [-0.15, -0.1) is 0 Å². The van der Waals surface area contributed by atoms with Gasteiger partial charge in [-0.05, 0) is 31.9 Å². The van der Waals surface area contributed by atoms with Crippen LogP contribution in [0.5, 0.6) is 0 Å². The van der Waals surface area contributed by atoms with E-state index in [0.717, 1.165) is 48.4 Å². The Balaban J connectivity index is 1.96. The highest BCUT2D eigenvalue weighted by atomic mass is 16.2. The number of imidazole rings is 1. The third-order valence-corrected chi connectivity index (χ3v) is 3.75. The summed E-state index contributed by atoms with van der Waals surface area (Å²) in [5.74, 6) is 0.977. The van der Waals surface area contributed by atoms with Gasteiger partial charge in [-0.2, -0.15) is 0 Å². The Kier molecular flexibility index (Phi) is 3.23. The number of carbonyl (C=O) groups is 1. The number of nitrogens with one attached hydrogen (secondary N) is 1. The van der Waals surface area contributed by atoms with E-state index < -0.39 is 0 Å². The maximum atomic E-state index is 12.6. The Morgan fingerprint density at radius 1 is 1.21 bits per heavy atom. The van der Waals surface area contributed by atoms with Crippen LogP contribution in [0.4, 0.5) is 0 Å². The van der Waals surface area contributed by atoms with Gasteiger partial charge < -0.3 is 9.88 Å². The first-order valence-corrected chi connectivity index (χ1v) is 7.00. The lowest BCUT2D eigenvalue weighted by atomic mass is 10.1. The lowest BCUT2D eigenvalue weighted by molar-refractivity contribution is 0.0763. The van der Waals surface area contributed by atoms with E-state index in [9.17, 15) is 4.79 Å². The van der Waals surface area contributed by atoms with Crippen LogP contribution in [0.1, 0.15) is 41.9 Å². The fourth-order valence-electron chi connectivity index (χ4n) is 2.77. The summed E-state index contributed by atoms with van der Waals surface area (Å²) >= 11 is 0. The fraction of sp³-hybridized carbons (Fsp3) is 0.467. The molecular weight excluding hydrogens is 238 g/mol. The maximum Gasteiger partial charge on any atom is 0.256 e. The molecule has 100 valence electrons. The van der Waals surface area contributed by atoms with Gasteiger partial charge in [0.2, 0.25) is 0 Å². The minimum absolute atomic E-state index is 0.124. The van der Waals surface area contributed by atoms with Crippen molar-refractivity contribution >= 4 is 16.9 Å². The van der Waals surface area contributed by atoms with Gasteiger partial charge in [0.25, 0.3) is 5.91 Å². The topological polar surface area (TPSA) is 49.0 Å². The molecule has 4 nitrogen and oxygen atoms in total. The number of likely N-dealkylation sites (tertiary alicyclic amines) is 1. The highest BCUT2D eigenvalue weighted by Gasteiger charge is 2.20. The second-order valence-electron chi connectivity index (χ2n) is 5.23. The van der Waals surface area contributed by atoms with E-state index in [1.165, 1.54) is 12.8 Å². The van der Waals surface area contributed by atoms with E-state index in [0.29, 0.717) is 0 Å². The summed E-state index contributed by atoms with van der Waals surface area (Å²) < 4.78 is 0. The predicted octanol–water partition coefficient (Wildman–Crippen LogP) is 2.89. The first-order chi connectivity index (χ1) is 9.25. The van der Waals surface area contributed by atoms with Gasteiger partial charge in [0.05, 0.1) is 11.1 Å². The fourth-order valence-corrected chi connectivity index (χ4v) is 2.77. The number of aryl methyl sites for hydroxylation is 1. The predicted molar refractivity (Wildman–Crippen MR) is 75.2 cm³/mol. The minimum Gasteiger partial charge on any atom is -0.342 e. The number of hydrogen-bond acceptors (Lipinski definition) is 2. The summed E-state index contributed by atoms with van der Waals surface area (Å²) in [4.78, 5) is 22.3. The molecule has 0 aliphatic carbocycles. The molecule has 19 heavy (non-hydrogen) atoms. The molecule has 0 radical (unpaired) electrons. The number of hydrogen-bond donors (Lipinski definition) is 1. The average Bonchev–Trinajstić information content (AvgIpc) is 2.63. The summed E-state index contributed by atoms with van der Waals surface area (Å²) in [6.45, 7) is 3.66. The number of benzene rings is 1. The first kappa shape index (κ1) is 12.2.